The van der Waals surface area contributed by atoms with Gasteiger partial charge < -0.3 is 15.1 Å². The fraction of sp³-hybridized carbons (Fsp3) is 0.818. The van der Waals surface area contributed by atoms with E-state index in [1.54, 1.807) is 0 Å². The molecule has 27 heavy (non-hydrogen) atoms. The predicted molar refractivity (Wildman–Crippen MR) is 113 cm³/mol. The highest BCUT2D eigenvalue weighted by Crippen LogP contribution is 2.31. The van der Waals surface area contributed by atoms with Gasteiger partial charge in [-0.2, -0.15) is 4.98 Å². The number of anilines is 2. The minimum atomic E-state index is 0.488. The average molecular weight is 372 g/mol. The second-order valence-electron chi connectivity index (χ2n) is 9.19. The van der Waals surface area contributed by atoms with Crippen LogP contribution in [0.2, 0.25) is 0 Å². The second-order valence-corrected chi connectivity index (χ2v) is 9.19. The number of hydrogen-bond donors (Lipinski definition) is 1. The highest BCUT2D eigenvalue weighted by molar-refractivity contribution is 5.54. The Kier molecular flexibility index (Phi) is 6.16. The van der Waals surface area contributed by atoms with Gasteiger partial charge in [-0.3, -0.25) is 0 Å². The summed E-state index contributed by atoms with van der Waals surface area (Å²) in [6, 6.07) is 0.488. The average Bonchev–Trinajstić information content (AvgIpc) is 2.92. The fourth-order valence-electron chi connectivity index (χ4n) is 5.00. The number of likely N-dealkylation sites (tertiary alicyclic amines) is 1. The Morgan fingerprint density at radius 2 is 1.74 bits per heavy atom. The molecule has 5 heteroatoms. The molecule has 3 aliphatic rings. The maximum absolute atomic E-state index is 5.09. The van der Waals surface area contributed by atoms with Crippen LogP contribution in [0.25, 0.3) is 0 Å². The molecule has 4 rings (SSSR count). The normalized spacial score (nSPS) is 24.1. The molecule has 1 aromatic heterocycles. The van der Waals surface area contributed by atoms with Crippen LogP contribution in [0.15, 0.2) is 0 Å². The van der Waals surface area contributed by atoms with Crippen molar-refractivity contribution in [1.29, 1.82) is 0 Å². The molecule has 1 aliphatic carbocycles. The molecule has 0 bridgehead atoms. The quantitative estimate of drug-likeness (QED) is 0.851. The molecule has 1 N–H and O–H groups in total. The van der Waals surface area contributed by atoms with Gasteiger partial charge in [0.15, 0.2) is 0 Å². The minimum absolute atomic E-state index is 0.488. The molecule has 2 saturated heterocycles. The summed E-state index contributed by atoms with van der Waals surface area (Å²) in [4.78, 5) is 15.2. The predicted octanol–water partition coefficient (Wildman–Crippen LogP) is 3.88. The van der Waals surface area contributed by atoms with Crippen molar-refractivity contribution in [3.8, 4) is 0 Å². The number of fused-ring (bicyclic) bond motifs is 1. The van der Waals surface area contributed by atoms with E-state index in [0.29, 0.717) is 6.04 Å². The molecule has 0 spiro atoms. The molecule has 0 unspecified atom stereocenters. The molecule has 0 amide bonds. The highest BCUT2D eigenvalue weighted by atomic mass is 15.3. The molecular formula is C22H37N5. The molecule has 3 heterocycles. The summed E-state index contributed by atoms with van der Waals surface area (Å²) >= 11 is 0. The SMILES string of the molecule is CC(C)CN1CC[C@@H](Nc2nc3c(c(N4CCCCCC4)n2)CCCC3)C1. The summed E-state index contributed by atoms with van der Waals surface area (Å²) in [7, 11) is 0. The Bertz CT molecular complexity index is 621. The number of nitrogens with one attached hydrogen (secondary N) is 1. The Morgan fingerprint density at radius 1 is 0.963 bits per heavy atom. The molecule has 0 radical (unpaired) electrons. The van der Waals surface area contributed by atoms with E-state index in [-0.39, 0.29) is 0 Å². The molecule has 150 valence electrons. The van der Waals surface area contributed by atoms with Gasteiger partial charge in [-0.1, -0.05) is 26.7 Å². The first kappa shape index (κ1) is 19.0. The van der Waals surface area contributed by atoms with Crippen LogP contribution >= 0.6 is 0 Å². The lowest BCUT2D eigenvalue weighted by Gasteiger charge is -2.28. The summed E-state index contributed by atoms with van der Waals surface area (Å²) in [5, 5.41) is 3.70. The Balaban J connectivity index is 1.52. The van der Waals surface area contributed by atoms with Gasteiger partial charge in [0.05, 0.1) is 5.69 Å². The van der Waals surface area contributed by atoms with Crippen molar-refractivity contribution >= 4 is 11.8 Å². The van der Waals surface area contributed by atoms with Crippen LogP contribution in [-0.4, -0.2) is 53.6 Å². The van der Waals surface area contributed by atoms with E-state index < -0.39 is 0 Å². The van der Waals surface area contributed by atoms with Crippen molar-refractivity contribution in [2.45, 2.75) is 77.7 Å². The molecule has 2 aliphatic heterocycles. The van der Waals surface area contributed by atoms with E-state index in [1.165, 1.54) is 75.1 Å². The maximum Gasteiger partial charge on any atom is 0.225 e. The van der Waals surface area contributed by atoms with E-state index in [2.05, 4.69) is 29.0 Å². The van der Waals surface area contributed by atoms with Crippen molar-refractivity contribution < 1.29 is 0 Å². The first-order valence-corrected chi connectivity index (χ1v) is 11.3. The van der Waals surface area contributed by atoms with Crippen LogP contribution in [-0.2, 0) is 12.8 Å². The molecular weight excluding hydrogens is 334 g/mol. The summed E-state index contributed by atoms with van der Waals surface area (Å²) < 4.78 is 0. The van der Waals surface area contributed by atoms with Crippen molar-refractivity contribution in [2.24, 2.45) is 5.92 Å². The maximum atomic E-state index is 5.09. The van der Waals surface area contributed by atoms with Gasteiger partial charge in [-0.15, -0.1) is 0 Å². The molecule has 0 aromatic carbocycles. The molecule has 1 atom stereocenters. The number of aromatic nitrogens is 2. The van der Waals surface area contributed by atoms with Crippen LogP contribution in [0, 0.1) is 5.92 Å². The van der Waals surface area contributed by atoms with E-state index in [4.69, 9.17) is 9.97 Å². The molecule has 5 nitrogen and oxygen atoms in total. The van der Waals surface area contributed by atoms with E-state index in [1.807, 2.05) is 0 Å². The lowest BCUT2D eigenvalue weighted by molar-refractivity contribution is 0.296. The summed E-state index contributed by atoms with van der Waals surface area (Å²) in [6.45, 7) is 10.4. The van der Waals surface area contributed by atoms with Crippen LogP contribution in [0.4, 0.5) is 11.8 Å². The first-order chi connectivity index (χ1) is 13.2. The summed E-state index contributed by atoms with van der Waals surface area (Å²) in [6.07, 6.45) is 11.4. The van der Waals surface area contributed by atoms with Crippen molar-refractivity contribution in [3.63, 3.8) is 0 Å². The number of nitrogens with zero attached hydrogens (tertiary/aromatic N) is 4. The van der Waals surface area contributed by atoms with Gasteiger partial charge in [-0.25, -0.2) is 4.98 Å². The monoisotopic (exact) mass is 371 g/mol. The van der Waals surface area contributed by atoms with Crippen LogP contribution in [0.3, 0.4) is 0 Å². The second kappa shape index (κ2) is 8.76. The fourth-order valence-corrected chi connectivity index (χ4v) is 5.00. The Morgan fingerprint density at radius 3 is 2.52 bits per heavy atom. The van der Waals surface area contributed by atoms with Crippen molar-refractivity contribution in [3.05, 3.63) is 11.3 Å². The van der Waals surface area contributed by atoms with Gasteiger partial charge in [0.2, 0.25) is 5.95 Å². The summed E-state index contributed by atoms with van der Waals surface area (Å²) in [5.41, 5.74) is 2.76. The van der Waals surface area contributed by atoms with E-state index in [0.717, 1.165) is 44.3 Å². The Labute approximate surface area is 164 Å². The Hall–Kier alpha value is -1.36. The molecule has 1 aromatic rings. The van der Waals surface area contributed by atoms with Crippen LogP contribution in [0.1, 0.15) is 70.1 Å². The van der Waals surface area contributed by atoms with Gasteiger partial charge in [0.25, 0.3) is 0 Å². The highest BCUT2D eigenvalue weighted by Gasteiger charge is 2.26. The van der Waals surface area contributed by atoms with Gasteiger partial charge in [0.1, 0.15) is 5.82 Å². The third-order valence-corrected chi connectivity index (χ3v) is 6.30. The number of rotatable bonds is 5. The van der Waals surface area contributed by atoms with Gasteiger partial charge >= 0.3 is 0 Å². The lowest BCUT2D eigenvalue weighted by Crippen LogP contribution is -2.31. The first-order valence-electron chi connectivity index (χ1n) is 11.3. The molecule has 2 fully saturated rings. The van der Waals surface area contributed by atoms with Crippen LogP contribution < -0.4 is 10.2 Å². The lowest BCUT2D eigenvalue weighted by atomic mass is 9.96. The third-order valence-electron chi connectivity index (χ3n) is 6.30. The zero-order chi connectivity index (χ0) is 18.6. The van der Waals surface area contributed by atoms with Crippen molar-refractivity contribution in [2.75, 3.05) is 42.9 Å². The minimum Gasteiger partial charge on any atom is -0.356 e. The summed E-state index contributed by atoms with van der Waals surface area (Å²) in [5.74, 6) is 2.87. The van der Waals surface area contributed by atoms with Crippen LogP contribution in [0.5, 0.6) is 0 Å². The zero-order valence-corrected chi connectivity index (χ0v) is 17.3. The standard InChI is InChI=1S/C22H37N5/c1-17(2)15-26-14-11-18(16-26)23-22-24-20-10-6-5-9-19(20)21(25-22)27-12-7-3-4-8-13-27/h17-18H,3-16H2,1-2H3,(H,23,24,25)/t18-/m1/s1. The number of aryl methyl sites for hydroxylation is 1. The number of hydrogen-bond acceptors (Lipinski definition) is 5. The van der Waals surface area contributed by atoms with E-state index in [9.17, 15) is 0 Å². The topological polar surface area (TPSA) is 44.3 Å². The zero-order valence-electron chi connectivity index (χ0n) is 17.3. The largest absolute Gasteiger partial charge is 0.356 e. The smallest absolute Gasteiger partial charge is 0.225 e. The molecule has 0 saturated carbocycles. The van der Waals surface area contributed by atoms with Gasteiger partial charge in [-0.05, 0) is 50.9 Å². The van der Waals surface area contributed by atoms with E-state index >= 15 is 0 Å². The van der Waals surface area contributed by atoms with Crippen molar-refractivity contribution in [1.82, 2.24) is 14.9 Å². The van der Waals surface area contributed by atoms with Gasteiger partial charge in [0, 0.05) is 44.3 Å². The third kappa shape index (κ3) is 4.74.